The third-order valence-corrected chi connectivity index (χ3v) is 4.58. The van der Waals surface area contributed by atoms with Gasteiger partial charge in [-0.05, 0) is 19.3 Å². The van der Waals surface area contributed by atoms with E-state index in [0.29, 0.717) is 12.3 Å². The average Bonchev–Trinajstić information content (AvgIpc) is 2.41. The highest BCUT2D eigenvalue weighted by atomic mass is 32.2. The minimum atomic E-state index is -0.0288. The van der Waals surface area contributed by atoms with Crippen LogP contribution in [-0.2, 0) is 9.59 Å². The fraction of sp³-hybridized carbons (Fsp3) is 0.867. The lowest BCUT2D eigenvalue weighted by Crippen LogP contribution is -2.46. The smallest absolute Gasteiger partial charge is 0.232 e. The van der Waals surface area contributed by atoms with Crippen molar-refractivity contribution in [2.45, 2.75) is 51.7 Å². The molecule has 1 aliphatic heterocycles. The van der Waals surface area contributed by atoms with E-state index in [1.165, 1.54) is 0 Å². The summed E-state index contributed by atoms with van der Waals surface area (Å²) in [7, 11) is 0. The monoisotopic (exact) mass is 300 g/mol. The van der Waals surface area contributed by atoms with Crippen molar-refractivity contribution in [3.8, 4) is 0 Å². The van der Waals surface area contributed by atoms with Crippen molar-refractivity contribution in [2.75, 3.05) is 25.4 Å². The Hall–Kier alpha value is -0.710. The third-order valence-electron chi connectivity index (χ3n) is 3.32. The number of nitrogens with one attached hydrogen (secondary N) is 1. The summed E-state index contributed by atoms with van der Waals surface area (Å²) in [6, 6.07) is 0. The summed E-state index contributed by atoms with van der Waals surface area (Å²) in [6.45, 7) is 10.5. The number of carbonyl (C=O) groups is 2. The van der Waals surface area contributed by atoms with E-state index < -0.39 is 0 Å². The molecule has 0 aliphatic carbocycles. The highest BCUT2D eigenvalue weighted by Crippen LogP contribution is 2.24. The molecule has 0 bridgehead atoms. The molecule has 20 heavy (non-hydrogen) atoms. The number of nitrogens with zero attached hydrogens (tertiary/aromatic N) is 1. The van der Waals surface area contributed by atoms with Gasteiger partial charge in [-0.15, -0.1) is 11.8 Å². The lowest BCUT2D eigenvalue weighted by Gasteiger charge is -2.32. The Morgan fingerprint density at radius 3 is 2.65 bits per heavy atom. The number of thioether (sulfide) groups is 1. The number of piperidine rings is 1. The molecule has 1 heterocycles. The summed E-state index contributed by atoms with van der Waals surface area (Å²) >= 11 is 1.67. The average molecular weight is 300 g/mol. The number of rotatable bonds is 5. The molecule has 0 spiro atoms. The Labute approximate surface area is 127 Å². The zero-order valence-electron chi connectivity index (χ0n) is 13.2. The summed E-state index contributed by atoms with van der Waals surface area (Å²) in [6.07, 6.45) is 2.77. The molecule has 116 valence electrons. The predicted molar refractivity (Wildman–Crippen MR) is 84.8 cm³/mol. The second kappa shape index (κ2) is 7.91. The van der Waals surface area contributed by atoms with Crippen molar-refractivity contribution < 1.29 is 9.59 Å². The Bertz CT molecular complexity index is 339. The maximum atomic E-state index is 12.2. The molecule has 4 nitrogen and oxygen atoms in total. The first-order valence-electron chi connectivity index (χ1n) is 7.53. The van der Waals surface area contributed by atoms with E-state index >= 15 is 0 Å². The molecule has 0 aromatic rings. The van der Waals surface area contributed by atoms with Crippen molar-refractivity contribution in [3.05, 3.63) is 0 Å². The lowest BCUT2D eigenvalue weighted by molar-refractivity contribution is -0.133. The van der Waals surface area contributed by atoms with E-state index in [4.69, 9.17) is 0 Å². The third kappa shape index (κ3) is 6.16. The fourth-order valence-corrected chi connectivity index (χ4v) is 2.92. The van der Waals surface area contributed by atoms with Crippen molar-refractivity contribution >= 4 is 23.6 Å². The van der Waals surface area contributed by atoms with Crippen molar-refractivity contribution in [3.63, 3.8) is 0 Å². The number of hydrogen-bond donors (Lipinski definition) is 1. The quantitative estimate of drug-likeness (QED) is 0.847. The van der Waals surface area contributed by atoms with Gasteiger partial charge in [0.2, 0.25) is 11.8 Å². The first-order valence-corrected chi connectivity index (χ1v) is 8.51. The van der Waals surface area contributed by atoms with Crippen LogP contribution >= 0.6 is 11.8 Å². The van der Waals surface area contributed by atoms with Crippen LogP contribution in [0, 0.1) is 5.92 Å². The summed E-state index contributed by atoms with van der Waals surface area (Å²) in [5.41, 5.74) is 0. The van der Waals surface area contributed by atoms with Crippen LogP contribution in [0.5, 0.6) is 0 Å². The van der Waals surface area contributed by atoms with Crippen LogP contribution < -0.4 is 5.32 Å². The molecule has 1 atom stereocenters. The molecule has 1 saturated heterocycles. The fourth-order valence-electron chi connectivity index (χ4n) is 2.18. The largest absolute Gasteiger partial charge is 0.356 e. The Kier molecular flexibility index (Phi) is 6.86. The van der Waals surface area contributed by atoms with E-state index in [-0.39, 0.29) is 22.5 Å². The lowest BCUT2D eigenvalue weighted by atomic mass is 9.97. The molecule has 0 aromatic carbocycles. The molecule has 5 heteroatoms. The van der Waals surface area contributed by atoms with Gasteiger partial charge in [0, 0.05) is 24.4 Å². The van der Waals surface area contributed by atoms with Gasteiger partial charge in [0.05, 0.1) is 11.7 Å². The molecule has 0 aromatic heterocycles. The van der Waals surface area contributed by atoms with Gasteiger partial charge in [-0.3, -0.25) is 9.59 Å². The van der Waals surface area contributed by atoms with E-state index in [0.717, 1.165) is 32.4 Å². The van der Waals surface area contributed by atoms with Gasteiger partial charge < -0.3 is 10.2 Å². The summed E-state index contributed by atoms with van der Waals surface area (Å²) < 4.78 is 0.101. The van der Waals surface area contributed by atoms with Crippen molar-refractivity contribution in [1.82, 2.24) is 10.2 Å². The van der Waals surface area contributed by atoms with Crippen LogP contribution in [0.1, 0.15) is 47.0 Å². The van der Waals surface area contributed by atoms with Gasteiger partial charge >= 0.3 is 0 Å². The van der Waals surface area contributed by atoms with Crippen LogP contribution in [0.2, 0.25) is 0 Å². The van der Waals surface area contributed by atoms with Crippen LogP contribution in [0.4, 0.5) is 0 Å². The van der Waals surface area contributed by atoms with Gasteiger partial charge in [-0.1, -0.05) is 27.7 Å². The molecule has 1 aliphatic rings. The maximum absolute atomic E-state index is 12.2. The molecule has 1 fully saturated rings. The number of amides is 2. The summed E-state index contributed by atoms with van der Waals surface area (Å²) in [5, 5.41) is 2.94. The van der Waals surface area contributed by atoms with Crippen LogP contribution in [-0.4, -0.2) is 46.8 Å². The Morgan fingerprint density at radius 2 is 2.05 bits per heavy atom. The van der Waals surface area contributed by atoms with Gasteiger partial charge in [-0.25, -0.2) is 0 Å². The molecular weight excluding hydrogens is 272 g/mol. The minimum absolute atomic E-state index is 0.0288. The van der Waals surface area contributed by atoms with E-state index in [1.54, 1.807) is 11.8 Å². The maximum Gasteiger partial charge on any atom is 0.232 e. The van der Waals surface area contributed by atoms with Gasteiger partial charge in [0.25, 0.3) is 0 Å². The standard InChI is InChI=1S/C15H28N2O2S/c1-5-8-16-14(19)12-7-6-9-17(10-12)13(18)11-20-15(2,3)4/h12H,5-11H2,1-4H3,(H,16,19). The van der Waals surface area contributed by atoms with Crippen LogP contribution in [0.25, 0.3) is 0 Å². The minimum Gasteiger partial charge on any atom is -0.356 e. The van der Waals surface area contributed by atoms with Crippen LogP contribution in [0.3, 0.4) is 0 Å². The van der Waals surface area contributed by atoms with Crippen LogP contribution in [0.15, 0.2) is 0 Å². The number of carbonyl (C=O) groups excluding carboxylic acids is 2. The molecule has 2 amide bonds. The summed E-state index contributed by atoms with van der Waals surface area (Å²) in [4.78, 5) is 26.0. The molecule has 0 saturated carbocycles. The molecular formula is C15H28N2O2S. The van der Waals surface area contributed by atoms with Gasteiger partial charge in [0.1, 0.15) is 0 Å². The SMILES string of the molecule is CCCNC(=O)C1CCCN(C(=O)CSC(C)(C)C)C1. The highest BCUT2D eigenvalue weighted by molar-refractivity contribution is 8.01. The Balaban J connectivity index is 2.43. The number of likely N-dealkylation sites (tertiary alicyclic amines) is 1. The molecule has 1 N–H and O–H groups in total. The van der Waals surface area contributed by atoms with Crippen molar-refractivity contribution in [1.29, 1.82) is 0 Å². The van der Waals surface area contributed by atoms with Gasteiger partial charge in [0.15, 0.2) is 0 Å². The Morgan fingerprint density at radius 1 is 1.35 bits per heavy atom. The van der Waals surface area contributed by atoms with Gasteiger partial charge in [-0.2, -0.15) is 0 Å². The first kappa shape index (κ1) is 17.3. The molecule has 1 rings (SSSR count). The zero-order valence-corrected chi connectivity index (χ0v) is 14.0. The zero-order chi connectivity index (χ0) is 15.2. The van der Waals surface area contributed by atoms with Crippen molar-refractivity contribution in [2.24, 2.45) is 5.92 Å². The second-order valence-corrected chi connectivity index (χ2v) is 8.17. The second-order valence-electron chi connectivity index (χ2n) is 6.37. The van der Waals surface area contributed by atoms with E-state index in [9.17, 15) is 9.59 Å². The number of hydrogen-bond acceptors (Lipinski definition) is 3. The van der Waals surface area contributed by atoms with E-state index in [1.807, 2.05) is 11.8 Å². The summed E-state index contributed by atoms with van der Waals surface area (Å²) in [5.74, 6) is 0.747. The topological polar surface area (TPSA) is 49.4 Å². The van der Waals surface area contributed by atoms with E-state index in [2.05, 4.69) is 26.1 Å². The normalized spacial score (nSPS) is 19.8. The molecule has 0 radical (unpaired) electrons. The predicted octanol–water partition coefficient (Wildman–Crippen LogP) is 2.28. The highest BCUT2D eigenvalue weighted by Gasteiger charge is 2.28. The molecule has 1 unspecified atom stereocenters. The first-order chi connectivity index (χ1) is 9.33.